The minimum atomic E-state index is 0.0910. The molecular weight excluding hydrogens is 328 g/mol. The van der Waals surface area contributed by atoms with Crippen LogP contribution in [0.25, 0.3) is 0 Å². The topological polar surface area (TPSA) is 63.3 Å². The van der Waals surface area contributed by atoms with Crippen LogP contribution in [0.5, 0.6) is 0 Å². The number of hydrogen-bond acceptors (Lipinski definition) is 4. The molecule has 6 heteroatoms. The van der Waals surface area contributed by atoms with Gasteiger partial charge in [0, 0.05) is 30.4 Å². The zero-order valence-corrected chi connectivity index (χ0v) is 15.1. The highest BCUT2D eigenvalue weighted by Gasteiger charge is 2.31. The minimum absolute atomic E-state index is 0.0910. The molecule has 6 nitrogen and oxygen atoms in total. The van der Waals surface area contributed by atoms with Crippen LogP contribution in [0.2, 0.25) is 0 Å². The van der Waals surface area contributed by atoms with Crippen LogP contribution in [-0.2, 0) is 25.9 Å². The van der Waals surface area contributed by atoms with E-state index >= 15 is 0 Å². The summed E-state index contributed by atoms with van der Waals surface area (Å²) in [4.78, 5) is 14.9. The van der Waals surface area contributed by atoms with Crippen molar-refractivity contribution in [3.63, 3.8) is 0 Å². The Hall–Kier alpha value is -2.34. The molecule has 2 aromatic rings. The molecule has 138 valence electrons. The average Bonchev–Trinajstić information content (AvgIpc) is 3.41. The summed E-state index contributed by atoms with van der Waals surface area (Å²) < 4.78 is 7.38. The van der Waals surface area contributed by atoms with Gasteiger partial charge in [0.25, 0.3) is 5.91 Å². The van der Waals surface area contributed by atoms with Crippen LogP contribution in [-0.4, -0.2) is 39.7 Å². The summed E-state index contributed by atoms with van der Waals surface area (Å²) in [6, 6.07) is 4.22. The number of aromatic nitrogens is 2. The van der Waals surface area contributed by atoms with Crippen LogP contribution in [0.3, 0.4) is 0 Å². The summed E-state index contributed by atoms with van der Waals surface area (Å²) in [7, 11) is 0. The molecule has 0 aromatic carbocycles. The summed E-state index contributed by atoms with van der Waals surface area (Å²) in [6.45, 7) is 6.89. The summed E-state index contributed by atoms with van der Waals surface area (Å²) >= 11 is 0. The van der Waals surface area contributed by atoms with Gasteiger partial charge in [0.2, 0.25) is 0 Å². The molecule has 1 atom stereocenters. The maximum Gasteiger partial charge on any atom is 0.274 e. The van der Waals surface area contributed by atoms with Crippen molar-refractivity contribution in [2.45, 2.75) is 51.2 Å². The monoisotopic (exact) mass is 354 g/mol. The van der Waals surface area contributed by atoms with Crippen LogP contribution in [0.4, 0.5) is 0 Å². The van der Waals surface area contributed by atoms with E-state index in [0.29, 0.717) is 24.8 Å². The highest BCUT2D eigenvalue weighted by Crippen LogP contribution is 2.27. The Morgan fingerprint density at radius 3 is 3.00 bits per heavy atom. The molecule has 1 amide bonds. The van der Waals surface area contributed by atoms with Crippen LogP contribution >= 0.6 is 0 Å². The van der Waals surface area contributed by atoms with Gasteiger partial charge in [-0.25, -0.2) is 0 Å². The lowest BCUT2D eigenvalue weighted by molar-refractivity contribution is 0.0785. The van der Waals surface area contributed by atoms with E-state index < -0.39 is 0 Å². The summed E-state index contributed by atoms with van der Waals surface area (Å²) in [5, 5.41) is 8.24. The summed E-state index contributed by atoms with van der Waals surface area (Å²) in [6.07, 6.45) is 8.53. The van der Waals surface area contributed by atoms with E-state index in [1.54, 1.807) is 6.26 Å². The summed E-state index contributed by atoms with van der Waals surface area (Å²) in [5.74, 6) is 1.03. The van der Waals surface area contributed by atoms with Gasteiger partial charge in [0.1, 0.15) is 5.76 Å². The van der Waals surface area contributed by atoms with Gasteiger partial charge >= 0.3 is 0 Å². The van der Waals surface area contributed by atoms with E-state index in [0.717, 1.165) is 56.5 Å². The van der Waals surface area contributed by atoms with Crippen molar-refractivity contribution >= 4 is 5.91 Å². The number of likely N-dealkylation sites (tertiary alicyclic amines) is 1. The number of carbonyl (C=O) groups excluding carboxylic acids is 1. The van der Waals surface area contributed by atoms with Gasteiger partial charge in [-0.1, -0.05) is 6.08 Å². The first-order chi connectivity index (χ1) is 12.8. The van der Waals surface area contributed by atoms with Crippen molar-refractivity contribution in [2.24, 2.45) is 0 Å². The molecule has 2 aliphatic rings. The quantitative estimate of drug-likeness (QED) is 0.810. The Labute approximate surface area is 153 Å². The van der Waals surface area contributed by atoms with Crippen LogP contribution < -0.4 is 5.32 Å². The van der Waals surface area contributed by atoms with Crippen LogP contribution in [0, 0.1) is 0 Å². The molecule has 26 heavy (non-hydrogen) atoms. The average molecular weight is 354 g/mol. The first-order valence-corrected chi connectivity index (χ1v) is 9.50. The number of carbonyl (C=O) groups is 1. The Balaban J connectivity index is 1.54. The van der Waals surface area contributed by atoms with E-state index in [2.05, 4.69) is 17.0 Å². The third-order valence-electron chi connectivity index (χ3n) is 5.39. The third kappa shape index (κ3) is 3.33. The maximum atomic E-state index is 13.0. The SMILES string of the molecule is C=CCn1nc(C(=O)N2CCCC2)c2c1CCC(NCc1ccco1)C2. The fourth-order valence-electron chi connectivity index (χ4n) is 4.04. The second-order valence-corrected chi connectivity index (χ2v) is 7.14. The van der Waals surface area contributed by atoms with E-state index in [9.17, 15) is 4.79 Å². The number of nitrogens with zero attached hydrogens (tertiary/aromatic N) is 3. The van der Waals surface area contributed by atoms with Crippen molar-refractivity contribution in [3.05, 3.63) is 53.8 Å². The largest absolute Gasteiger partial charge is 0.468 e. The van der Waals surface area contributed by atoms with Crippen LogP contribution in [0.15, 0.2) is 35.5 Å². The summed E-state index contributed by atoms with van der Waals surface area (Å²) in [5.41, 5.74) is 2.96. The molecule has 1 N–H and O–H groups in total. The Morgan fingerprint density at radius 1 is 1.42 bits per heavy atom. The van der Waals surface area contributed by atoms with E-state index in [1.807, 2.05) is 27.8 Å². The molecule has 0 radical (unpaired) electrons. The van der Waals surface area contributed by atoms with Gasteiger partial charge in [0.05, 0.1) is 19.4 Å². The second kappa shape index (κ2) is 7.50. The van der Waals surface area contributed by atoms with Gasteiger partial charge < -0.3 is 14.6 Å². The number of allylic oxidation sites excluding steroid dienone is 1. The molecule has 1 saturated heterocycles. The number of hydrogen-bond donors (Lipinski definition) is 1. The molecule has 3 heterocycles. The molecule has 1 aliphatic heterocycles. The number of amides is 1. The highest BCUT2D eigenvalue weighted by molar-refractivity contribution is 5.94. The van der Waals surface area contributed by atoms with Crippen molar-refractivity contribution in [2.75, 3.05) is 13.1 Å². The maximum absolute atomic E-state index is 13.0. The van der Waals surface area contributed by atoms with E-state index in [4.69, 9.17) is 4.42 Å². The molecule has 0 spiro atoms. The van der Waals surface area contributed by atoms with Gasteiger partial charge in [0.15, 0.2) is 5.69 Å². The van der Waals surface area contributed by atoms with E-state index in [-0.39, 0.29) is 5.91 Å². The number of nitrogens with one attached hydrogen (secondary N) is 1. The van der Waals surface area contributed by atoms with Gasteiger partial charge in [-0.15, -0.1) is 6.58 Å². The molecular formula is C20H26N4O2. The Morgan fingerprint density at radius 2 is 2.27 bits per heavy atom. The van der Waals surface area contributed by atoms with Crippen LogP contribution in [0.1, 0.15) is 46.8 Å². The minimum Gasteiger partial charge on any atom is -0.468 e. The zero-order chi connectivity index (χ0) is 17.9. The first-order valence-electron chi connectivity index (χ1n) is 9.50. The fourth-order valence-corrected chi connectivity index (χ4v) is 4.04. The van der Waals surface area contributed by atoms with Gasteiger partial charge in [-0.05, 0) is 44.2 Å². The molecule has 0 bridgehead atoms. The van der Waals surface area contributed by atoms with Crippen molar-refractivity contribution in [1.82, 2.24) is 20.0 Å². The molecule has 1 aliphatic carbocycles. The standard InChI is InChI=1S/C20H26N4O2/c1-2-9-24-18-8-7-15(21-14-16-6-5-12-26-16)13-17(18)19(22-24)20(25)23-10-3-4-11-23/h2,5-6,12,15,21H,1,3-4,7-11,13-14H2. The molecule has 2 aromatic heterocycles. The number of furan rings is 1. The number of fused-ring (bicyclic) bond motifs is 1. The van der Waals surface area contributed by atoms with E-state index in [1.165, 1.54) is 5.69 Å². The fraction of sp³-hybridized carbons (Fsp3) is 0.500. The van der Waals surface area contributed by atoms with Gasteiger partial charge in [-0.2, -0.15) is 5.10 Å². The molecule has 1 fully saturated rings. The normalized spacial score (nSPS) is 19.5. The predicted molar refractivity (Wildman–Crippen MR) is 98.9 cm³/mol. The zero-order valence-electron chi connectivity index (χ0n) is 15.1. The first kappa shape index (κ1) is 17.1. The second-order valence-electron chi connectivity index (χ2n) is 7.14. The van der Waals surface area contributed by atoms with Gasteiger partial charge in [-0.3, -0.25) is 9.48 Å². The molecule has 1 unspecified atom stereocenters. The lowest BCUT2D eigenvalue weighted by Gasteiger charge is -2.24. The Kier molecular flexibility index (Phi) is 4.93. The predicted octanol–water partition coefficient (Wildman–Crippen LogP) is 2.55. The van der Waals surface area contributed by atoms with Crippen molar-refractivity contribution in [3.8, 4) is 0 Å². The van der Waals surface area contributed by atoms with Crippen molar-refractivity contribution in [1.29, 1.82) is 0 Å². The molecule has 4 rings (SSSR count). The van der Waals surface area contributed by atoms with Crippen molar-refractivity contribution < 1.29 is 9.21 Å². The Bertz CT molecular complexity index is 772. The lowest BCUT2D eigenvalue weighted by Crippen LogP contribution is -2.35. The third-order valence-corrected chi connectivity index (χ3v) is 5.39. The lowest BCUT2D eigenvalue weighted by atomic mass is 9.91. The number of rotatable bonds is 6. The highest BCUT2D eigenvalue weighted by atomic mass is 16.3. The molecule has 0 saturated carbocycles. The smallest absolute Gasteiger partial charge is 0.274 e.